The number of furan rings is 1. The molecule has 2 aromatic rings. The van der Waals surface area contributed by atoms with Gasteiger partial charge in [-0.15, -0.1) is 0 Å². The summed E-state index contributed by atoms with van der Waals surface area (Å²) in [4.78, 5) is 12.1. The maximum atomic E-state index is 12.1. The molecule has 0 radical (unpaired) electrons. The zero-order valence-electron chi connectivity index (χ0n) is 10.9. The topological polar surface area (TPSA) is 51.5 Å². The largest absolute Gasteiger partial charge is 0.495 e. The maximum Gasteiger partial charge on any atom is 0.259 e. The van der Waals surface area contributed by atoms with E-state index in [1.165, 1.54) is 13.4 Å². The standard InChI is InChI=1S/C14H14ClNO3/c1-8-6-12(13(18-3)7-11(8)15)16-14(17)10-4-5-19-9(10)2/h4-7H,1-3H3,(H,16,17). The lowest BCUT2D eigenvalue weighted by Crippen LogP contribution is -2.13. The lowest BCUT2D eigenvalue weighted by molar-refractivity contribution is 0.102. The highest BCUT2D eigenvalue weighted by Crippen LogP contribution is 2.31. The van der Waals surface area contributed by atoms with Crippen LogP contribution in [-0.2, 0) is 0 Å². The van der Waals surface area contributed by atoms with Gasteiger partial charge in [0.05, 0.1) is 24.6 Å². The van der Waals surface area contributed by atoms with Gasteiger partial charge < -0.3 is 14.5 Å². The Morgan fingerprint density at radius 3 is 2.68 bits per heavy atom. The number of hydrogen-bond acceptors (Lipinski definition) is 3. The van der Waals surface area contributed by atoms with Gasteiger partial charge in [-0.05, 0) is 31.5 Å². The Balaban J connectivity index is 2.31. The molecule has 1 amide bonds. The van der Waals surface area contributed by atoms with Crippen LogP contribution in [0, 0.1) is 13.8 Å². The van der Waals surface area contributed by atoms with Crippen molar-refractivity contribution in [1.29, 1.82) is 0 Å². The molecule has 0 bridgehead atoms. The van der Waals surface area contributed by atoms with Gasteiger partial charge in [0.15, 0.2) is 0 Å². The first-order chi connectivity index (χ1) is 9.02. The fourth-order valence-corrected chi connectivity index (χ4v) is 1.89. The number of carbonyl (C=O) groups is 1. The molecule has 0 atom stereocenters. The monoisotopic (exact) mass is 279 g/mol. The molecule has 0 saturated heterocycles. The summed E-state index contributed by atoms with van der Waals surface area (Å²) in [7, 11) is 1.53. The van der Waals surface area contributed by atoms with Crippen LogP contribution in [0.2, 0.25) is 5.02 Å². The minimum absolute atomic E-state index is 0.244. The number of nitrogens with one attached hydrogen (secondary N) is 1. The number of anilines is 1. The van der Waals surface area contributed by atoms with Crippen LogP contribution in [0.4, 0.5) is 5.69 Å². The van der Waals surface area contributed by atoms with Crippen molar-refractivity contribution in [3.63, 3.8) is 0 Å². The van der Waals surface area contributed by atoms with Gasteiger partial charge in [-0.2, -0.15) is 0 Å². The van der Waals surface area contributed by atoms with Crippen LogP contribution < -0.4 is 10.1 Å². The van der Waals surface area contributed by atoms with Crippen molar-refractivity contribution in [2.24, 2.45) is 0 Å². The fourth-order valence-electron chi connectivity index (χ4n) is 1.74. The van der Waals surface area contributed by atoms with Crippen LogP contribution in [0.1, 0.15) is 21.7 Å². The highest BCUT2D eigenvalue weighted by atomic mass is 35.5. The van der Waals surface area contributed by atoms with E-state index >= 15 is 0 Å². The first kappa shape index (κ1) is 13.5. The van der Waals surface area contributed by atoms with Crippen molar-refractivity contribution in [3.05, 3.63) is 46.4 Å². The number of ether oxygens (including phenoxy) is 1. The molecule has 1 N–H and O–H groups in total. The number of rotatable bonds is 3. The number of carbonyl (C=O) groups excluding carboxylic acids is 1. The second kappa shape index (κ2) is 5.36. The van der Waals surface area contributed by atoms with Crippen LogP contribution in [-0.4, -0.2) is 13.0 Å². The van der Waals surface area contributed by atoms with E-state index in [-0.39, 0.29) is 5.91 Å². The van der Waals surface area contributed by atoms with E-state index in [0.717, 1.165) is 5.56 Å². The van der Waals surface area contributed by atoms with Gasteiger partial charge in [0, 0.05) is 11.1 Å². The Labute approximate surface area is 116 Å². The van der Waals surface area contributed by atoms with Crippen molar-refractivity contribution >= 4 is 23.2 Å². The van der Waals surface area contributed by atoms with Gasteiger partial charge >= 0.3 is 0 Å². The fraction of sp³-hybridized carbons (Fsp3) is 0.214. The van der Waals surface area contributed by atoms with E-state index in [4.69, 9.17) is 20.8 Å². The number of amides is 1. The molecule has 0 aliphatic carbocycles. The molecule has 4 nitrogen and oxygen atoms in total. The summed E-state index contributed by atoms with van der Waals surface area (Å²) in [5, 5.41) is 3.38. The molecule has 100 valence electrons. The Hall–Kier alpha value is -1.94. The second-order valence-corrected chi connectivity index (χ2v) is 4.55. The van der Waals surface area contributed by atoms with Crippen molar-refractivity contribution in [2.45, 2.75) is 13.8 Å². The molecule has 2 rings (SSSR count). The molecule has 0 spiro atoms. The quantitative estimate of drug-likeness (QED) is 0.929. The molecule has 0 aliphatic heterocycles. The minimum Gasteiger partial charge on any atom is -0.495 e. The van der Waals surface area contributed by atoms with E-state index in [0.29, 0.717) is 27.8 Å². The summed E-state index contributed by atoms with van der Waals surface area (Å²) >= 11 is 6.02. The molecule has 0 fully saturated rings. The van der Waals surface area contributed by atoms with E-state index in [1.54, 1.807) is 25.1 Å². The third-order valence-corrected chi connectivity index (χ3v) is 3.24. The predicted octanol–water partition coefficient (Wildman–Crippen LogP) is 3.81. The van der Waals surface area contributed by atoms with Gasteiger partial charge in [0.1, 0.15) is 11.5 Å². The molecule has 5 heteroatoms. The second-order valence-electron chi connectivity index (χ2n) is 4.15. The van der Waals surface area contributed by atoms with E-state index in [9.17, 15) is 4.79 Å². The zero-order valence-corrected chi connectivity index (χ0v) is 11.7. The summed E-state index contributed by atoms with van der Waals surface area (Å²) in [6.07, 6.45) is 1.48. The molecule has 1 aromatic heterocycles. The molecular weight excluding hydrogens is 266 g/mol. The van der Waals surface area contributed by atoms with E-state index in [1.807, 2.05) is 6.92 Å². The van der Waals surface area contributed by atoms with Gasteiger partial charge in [-0.25, -0.2) is 0 Å². The molecule has 0 aliphatic rings. The number of hydrogen-bond donors (Lipinski definition) is 1. The maximum absolute atomic E-state index is 12.1. The van der Waals surface area contributed by atoms with Gasteiger partial charge in [0.25, 0.3) is 5.91 Å². The molecule has 0 saturated carbocycles. The number of halogens is 1. The third kappa shape index (κ3) is 2.74. The molecule has 19 heavy (non-hydrogen) atoms. The Kier molecular flexibility index (Phi) is 3.81. The van der Waals surface area contributed by atoms with Crippen molar-refractivity contribution in [2.75, 3.05) is 12.4 Å². The summed E-state index contributed by atoms with van der Waals surface area (Å²) in [6, 6.07) is 5.07. The summed E-state index contributed by atoms with van der Waals surface area (Å²) in [6.45, 7) is 3.60. The van der Waals surface area contributed by atoms with Crippen LogP contribution in [0.5, 0.6) is 5.75 Å². The highest BCUT2D eigenvalue weighted by molar-refractivity contribution is 6.31. The van der Waals surface area contributed by atoms with E-state index < -0.39 is 0 Å². The first-order valence-corrected chi connectivity index (χ1v) is 6.10. The Morgan fingerprint density at radius 1 is 1.37 bits per heavy atom. The van der Waals surface area contributed by atoms with Crippen molar-refractivity contribution in [3.8, 4) is 5.75 Å². The Morgan fingerprint density at radius 2 is 2.11 bits per heavy atom. The normalized spacial score (nSPS) is 10.3. The lowest BCUT2D eigenvalue weighted by atomic mass is 10.2. The van der Waals surface area contributed by atoms with E-state index in [2.05, 4.69) is 5.32 Å². The van der Waals surface area contributed by atoms with Crippen LogP contribution >= 0.6 is 11.6 Å². The molecule has 1 aromatic carbocycles. The average molecular weight is 280 g/mol. The van der Waals surface area contributed by atoms with Gasteiger partial charge in [-0.1, -0.05) is 11.6 Å². The average Bonchev–Trinajstić information content (AvgIpc) is 2.79. The van der Waals surface area contributed by atoms with Crippen molar-refractivity contribution in [1.82, 2.24) is 0 Å². The number of methoxy groups -OCH3 is 1. The zero-order chi connectivity index (χ0) is 14.0. The van der Waals surface area contributed by atoms with Crippen LogP contribution in [0.25, 0.3) is 0 Å². The minimum atomic E-state index is -0.244. The highest BCUT2D eigenvalue weighted by Gasteiger charge is 2.14. The SMILES string of the molecule is COc1cc(Cl)c(C)cc1NC(=O)c1ccoc1C. The van der Waals surface area contributed by atoms with Crippen molar-refractivity contribution < 1.29 is 13.9 Å². The van der Waals surface area contributed by atoms with Gasteiger partial charge in [-0.3, -0.25) is 4.79 Å². The smallest absolute Gasteiger partial charge is 0.259 e. The molecular formula is C14H14ClNO3. The molecule has 0 unspecified atom stereocenters. The summed E-state index contributed by atoms with van der Waals surface area (Å²) in [5.74, 6) is 0.846. The lowest BCUT2D eigenvalue weighted by Gasteiger charge is -2.12. The first-order valence-electron chi connectivity index (χ1n) is 5.72. The molecule has 1 heterocycles. The summed E-state index contributed by atoms with van der Waals surface area (Å²) in [5.41, 5.74) is 1.94. The number of aryl methyl sites for hydroxylation is 2. The Bertz CT molecular complexity index is 619. The third-order valence-electron chi connectivity index (χ3n) is 2.83. The van der Waals surface area contributed by atoms with Crippen LogP contribution in [0.15, 0.2) is 28.9 Å². The number of benzene rings is 1. The van der Waals surface area contributed by atoms with Gasteiger partial charge in [0.2, 0.25) is 0 Å². The predicted molar refractivity (Wildman–Crippen MR) is 74.1 cm³/mol. The van der Waals surface area contributed by atoms with Crippen LogP contribution in [0.3, 0.4) is 0 Å². The summed E-state index contributed by atoms with van der Waals surface area (Å²) < 4.78 is 10.3.